The van der Waals surface area contributed by atoms with E-state index in [1.54, 1.807) is 0 Å². The molecule has 2 N–H and O–H groups in total. The van der Waals surface area contributed by atoms with Gasteiger partial charge in [0.05, 0.1) is 6.61 Å². The van der Waals surface area contributed by atoms with Crippen molar-refractivity contribution in [2.24, 2.45) is 0 Å². The molecule has 0 spiro atoms. The third-order valence-electron chi connectivity index (χ3n) is 3.37. The van der Waals surface area contributed by atoms with Gasteiger partial charge in [-0.05, 0) is 49.1 Å². The average Bonchev–Trinajstić information content (AvgIpc) is 2.73. The smallest absolute Gasteiger partial charge is 0.490 e. The van der Waals surface area contributed by atoms with Gasteiger partial charge in [0.25, 0.3) is 0 Å². The molecule has 2 aliphatic heterocycles. The lowest BCUT2D eigenvalue weighted by Gasteiger charge is -2.24. The fourth-order valence-corrected chi connectivity index (χ4v) is 2.37. The van der Waals surface area contributed by atoms with Crippen LogP contribution >= 0.6 is 0 Å². The quantitative estimate of drug-likeness (QED) is 0.708. The first kappa shape index (κ1) is 11.1. The van der Waals surface area contributed by atoms with Crippen LogP contribution in [-0.4, -0.2) is 31.3 Å². The Bertz CT molecular complexity index is 407. The molecule has 1 saturated heterocycles. The van der Waals surface area contributed by atoms with E-state index in [-0.39, 0.29) is 6.10 Å². The van der Waals surface area contributed by atoms with E-state index in [0.29, 0.717) is 6.61 Å². The molecule has 0 atom stereocenters. The van der Waals surface area contributed by atoms with Gasteiger partial charge < -0.3 is 19.7 Å². The van der Waals surface area contributed by atoms with Gasteiger partial charge in [0.1, 0.15) is 11.9 Å². The van der Waals surface area contributed by atoms with Crippen LogP contribution in [0.25, 0.3) is 0 Å². The Morgan fingerprint density at radius 2 is 2.18 bits per heavy atom. The molecule has 90 valence electrons. The van der Waals surface area contributed by atoms with Crippen LogP contribution < -0.4 is 15.5 Å². The molecule has 0 bridgehead atoms. The van der Waals surface area contributed by atoms with Gasteiger partial charge in [-0.15, -0.1) is 0 Å². The Kier molecular flexibility index (Phi) is 3.05. The monoisotopic (exact) mass is 233 g/mol. The van der Waals surface area contributed by atoms with Crippen molar-refractivity contribution in [3.05, 3.63) is 23.8 Å². The molecule has 0 aliphatic carbocycles. The second kappa shape index (κ2) is 4.68. The topological polar surface area (TPSA) is 50.7 Å². The maximum Gasteiger partial charge on any atom is 0.491 e. The van der Waals surface area contributed by atoms with E-state index in [1.807, 2.05) is 18.2 Å². The number of ether oxygens (including phenoxy) is 1. The Labute approximate surface area is 101 Å². The third kappa shape index (κ3) is 2.31. The van der Waals surface area contributed by atoms with Crippen LogP contribution in [0.4, 0.5) is 0 Å². The molecule has 0 aromatic heterocycles. The van der Waals surface area contributed by atoms with Crippen molar-refractivity contribution in [1.82, 2.24) is 5.32 Å². The van der Waals surface area contributed by atoms with Crippen LogP contribution in [0.1, 0.15) is 18.4 Å². The maximum absolute atomic E-state index is 9.62. The highest BCUT2D eigenvalue weighted by atomic mass is 16.5. The number of benzene rings is 1. The van der Waals surface area contributed by atoms with Gasteiger partial charge in [0.15, 0.2) is 0 Å². The lowest BCUT2D eigenvalue weighted by Crippen LogP contribution is -2.34. The van der Waals surface area contributed by atoms with Crippen molar-refractivity contribution >= 4 is 12.6 Å². The summed E-state index contributed by atoms with van der Waals surface area (Å²) < 4.78 is 11.1. The predicted octanol–water partition coefficient (Wildman–Crippen LogP) is 0.0351. The van der Waals surface area contributed by atoms with Crippen molar-refractivity contribution < 1.29 is 14.4 Å². The van der Waals surface area contributed by atoms with Crippen LogP contribution in [0.5, 0.6) is 5.75 Å². The molecular weight excluding hydrogens is 217 g/mol. The molecular formula is C12H16BNO3. The number of rotatable bonds is 2. The molecule has 1 aromatic carbocycles. The molecule has 5 heteroatoms. The molecule has 3 rings (SSSR count). The van der Waals surface area contributed by atoms with Gasteiger partial charge in [-0.2, -0.15) is 0 Å². The van der Waals surface area contributed by atoms with E-state index in [0.717, 1.165) is 42.7 Å². The van der Waals surface area contributed by atoms with E-state index in [1.165, 1.54) is 0 Å². The lowest BCUT2D eigenvalue weighted by molar-refractivity contribution is 0.162. The van der Waals surface area contributed by atoms with Gasteiger partial charge >= 0.3 is 7.12 Å². The number of hydrogen-bond donors (Lipinski definition) is 2. The SMILES string of the molecule is OB1OCc2ccc(OC3CCNCC3)cc21. The molecule has 1 fully saturated rings. The Morgan fingerprint density at radius 1 is 1.35 bits per heavy atom. The minimum Gasteiger partial charge on any atom is -0.490 e. The first-order chi connectivity index (χ1) is 8.33. The van der Waals surface area contributed by atoms with Crippen molar-refractivity contribution in [1.29, 1.82) is 0 Å². The summed E-state index contributed by atoms with van der Waals surface area (Å²) in [6.07, 6.45) is 2.36. The zero-order valence-corrected chi connectivity index (χ0v) is 9.69. The van der Waals surface area contributed by atoms with Crippen molar-refractivity contribution in [3.8, 4) is 5.75 Å². The highest BCUT2D eigenvalue weighted by Gasteiger charge is 2.27. The number of hydrogen-bond acceptors (Lipinski definition) is 4. The Balaban J connectivity index is 1.73. The highest BCUT2D eigenvalue weighted by Crippen LogP contribution is 2.19. The number of piperidine rings is 1. The average molecular weight is 233 g/mol. The second-order valence-electron chi connectivity index (χ2n) is 4.59. The van der Waals surface area contributed by atoms with E-state index in [2.05, 4.69) is 5.32 Å². The first-order valence-electron chi connectivity index (χ1n) is 6.13. The van der Waals surface area contributed by atoms with Crippen LogP contribution in [0, 0.1) is 0 Å². The Morgan fingerprint density at radius 3 is 3.00 bits per heavy atom. The molecule has 2 heterocycles. The minimum atomic E-state index is -0.790. The highest BCUT2D eigenvalue weighted by molar-refractivity contribution is 6.61. The van der Waals surface area contributed by atoms with Gasteiger partial charge in [0, 0.05) is 0 Å². The molecule has 17 heavy (non-hydrogen) atoms. The molecule has 0 radical (unpaired) electrons. The van der Waals surface area contributed by atoms with Gasteiger partial charge in [-0.3, -0.25) is 0 Å². The maximum atomic E-state index is 9.62. The summed E-state index contributed by atoms with van der Waals surface area (Å²) in [7, 11) is -0.790. The largest absolute Gasteiger partial charge is 0.491 e. The van der Waals surface area contributed by atoms with Crippen LogP contribution in [0.15, 0.2) is 18.2 Å². The lowest BCUT2D eigenvalue weighted by atomic mass is 9.79. The fraction of sp³-hybridized carbons (Fsp3) is 0.500. The molecule has 2 aliphatic rings. The minimum absolute atomic E-state index is 0.286. The standard InChI is InChI=1S/C12H16BNO3/c15-13-12-7-11(2-1-9(12)8-16-13)17-10-3-5-14-6-4-10/h1-2,7,10,14-15H,3-6,8H2. The number of nitrogens with one attached hydrogen (secondary N) is 1. The molecule has 0 saturated carbocycles. The summed E-state index contributed by atoms with van der Waals surface area (Å²) in [6, 6.07) is 5.83. The second-order valence-corrected chi connectivity index (χ2v) is 4.59. The van der Waals surface area contributed by atoms with Crippen LogP contribution in [0.3, 0.4) is 0 Å². The summed E-state index contributed by atoms with van der Waals surface area (Å²) in [6.45, 7) is 2.52. The van der Waals surface area contributed by atoms with Gasteiger partial charge in [0.2, 0.25) is 0 Å². The summed E-state index contributed by atoms with van der Waals surface area (Å²) >= 11 is 0. The zero-order valence-electron chi connectivity index (χ0n) is 9.69. The number of fused-ring (bicyclic) bond motifs is 1. The molecule has 4 nitrogen and oxygen atoms in total. The molecule has 0 amide bonds. The van der Waals surface area contributed by atoms with E-state index < -0.39 is 7.12 Å². The van der Waals surface area contributed by atoms with Crippen LogP contribution in [0.2, 0.25) is 0 Å². The summed E-state index contributed by atoms with van der Waals surface area (Å²) in [4.78, 5) is 0. The van der Waals surface area contributed by atoms with Crippen molar-refractivity contribution in [3.63, 3.8) is 0 Å². The first-order valence-corrected chi connectivity index (χ1v) is 6.13. The van der Waals surface area contributed by atoms with Gasteiger partial charge in [-0.25, -0.2) is 0 Å². The summed E-state index contributed by atoms with van der Waals surface area (Å²) in [5.41, 5.74) is 1.89. The zero-order chi connectivity index (χ0) is 11.7. The Hall–Kier alpha value is -1.04. The third-order valence-corrected chi connectivity index (χ3v) is 3.37. The van der Waals surface area contributed by atoms with Crippen molar-refractivity contribution in [2.75, 3.05) is 13.1 Å². The fourth-order valence-electron chi connectivity index (χ4n) is 2.37. The van der Waals surface area contributed by atoms with Crippen molar-refractivity contribution in [2.45, 2.75) is 25.6 Å². The normalized spacial score (nSPS) is 20.4. The summed E-state index contributed by atoms with van der Waals surface area (Å²) in [5, 5.41) is 12.9. The molecule has 1 aromatic rings. The predicted molar refractivity (Wildman–Crippen MR) is 65.4 cm³/mol. The summed E-state index contributed by atoms with van der Waals surface area (Å²) in [5.74, 6) is 0.834. The van der Waals surface area contributed by atoms with Gasteiger partial charge in [-0.1, -0.05) is 6.07 Å². The molecule has 0 unspecified atom stereocenters. The van der Waals surface area contributed by atoms with E-state index in [4.69, 9.17) is 9.39 Å². The van der Waals surface area contributed by atoms with E-state index in [9.17, 15) is 5.02 Å². The van der Waals surface area contributed by atoms with E-state index >= 15 is 0 Å². The van der Waals surface area contributed by atoms with Crippen LogP contribution in [-0.2, 0) is 11.3 Å².